The Morgan fingerprint density at radius 2 is 2.22 bits per heavy atom. The predicted molar refractivity (Wildman–Crippen MR) is 72.2 cm³/mol. The number of hydrogen-bond acceptors (Lipinski definition) is 3. The van der Waals surface area contributed by atoms with Crippen LogP contribution in [0, 0.1) is 6.92 Å². The highest BCUT2D eigenvalue weighted by Gasteiger charge is 2.04. The molecule has 1 aromatic heterocycles. The molecule has 0 unspecified atom stereocenters. The average Bonchev–Trinajstić information content (AvgIpc) is 2.81. The van der Waals surface area contributed by atoms with Gasteiger partial charge in [0.2, 0.25) is 0 Å². The third-order valence-electron chi connectivity index (χ3n) is 2.83. The van der Waals surface area contributed by atoms with Crippen molar-refractivity contribution in [3.05, 3.63) is 41.7 Å². The number of aromatic nitrogens is 2. The molecule has 1 heterocycles. The summed E-state index contributed by atoms with van der Waals surface area (Å²) in [6.45, 7) is 5.62. The van der Waals surface area contributed by atoms with Crippen LogP contribution in [0.2, 0.25) is 0 Å². The summed E-state index contributed by atoms with van der Waals surface area (Å²) in [5, 5.41) is 7.46. The molecule has 1 N–H and O–H groups in total. The van der Waals surface area contributed by atoms with Crippen molar-refractivity contribution in [2.75, 3.05) is 13.7 Å². The van der Waals surface area contributed by atoms with Gasteiger partial charge in [0.1, 0.15) is 0 Å². The molecule has 2 aromatic rings. The maximum Gasteiger partial charge on any atom is 0.157 e. The van der Waals surface area contributed by atoms with Gasteiger partial charge in [0, 0.05) is 6.54 Å². The lowest BCUT2D eigenvalue weighted by molar-refractivity contribution is 0.340. The van der Waals surface area contributed by atoms with Gasteiger partial charge < -0.3 is 10.1 Å². The lowest BCUT2D eigenvalue weighted by Crippen LogP contribution is -2.07. The maximum atomic E-state index is 5.41. The first-order chi connectivity index (χ1) is 8.74. The first-order valence-corrected chi connectivity index (χ1v) is 6.16. The van der Waals surface area contributed by atoms with Gasteiger partial charge >= 0.3 is 0 Å². The summed E-state index contributed by atoms with van der Waals surface area (Å²) in [6.07, 6.45) is 3.64. The van der Waals surface area contributed by atoms with Crippen LogP contribution in [0.1, 0.15) is 18.1 Å². The molecule has 0 bridgehead atoms. The summed E-state index contributed by atoms with van der Waals surface area (Å²) < 4.78 is 7.24. The summed E-state index contributed by atoms with van der Waals surface area (Å²) in [4.78, 5) is 0. The lowest BCUT2D eigenvalue weighted by atomic mass is 10.1. The molecule has 0 radical (unpaired) electrons. The Morgan fingerprint density at radius 1 is 1.39 bits per heavy atom. The second-order valence-electron chi connectivity index (χ2n) is 4.19. The van der Waals surface area contributed by atoms with E-state index in [4.69, 9.17) is 4.74 Å². The Labute approximate surface area is 108 Å². The first kappa shape index (κ1) is 12.6. The molecule has 4 nitrogen and oxygen atoms in total. The molecular weight excluding hydrogens is 226 g/mol. The Kier molecular flexibility index (Phi) is 3.99. The zero-order valence-corrected chi connectivity index (χ0v) is 11.1. The molecule has 4 heteroatoms. The number of hydrogen-bond donors (Lipinski definition) is 1. The van der Waals surface area contributed by atoms with E-state index in [-0.39, 0.29) is 0 Å². The minimum atomic E-state index is 0.659. The zero-order valence-electron chi connectivity index (χ0n) is 11.1. The van der Waals surface area contributed by atoms with E-state index in [1.165, 1.54) is 11.1 Å². The second kappa shape index (κ2) is 5.69. The molecule has 0 aliphatic rings. The van der Waals surface area contributed by atoms with Gasteiger partial charge in [-0.3, -0.25) is 0 Å². The van der Waals surface area contributed by atoms with Crippen LogP contribution in [0.15, 0.2) is 30.6 Å². The Balaban J connectivity index is 2.24. The summed E-state index contributed by atoms with van der Waals surface area (Å²) in [6, 6.07) is 6.33. The molecule has 0 amide bonds. The largest absolute Gasteiger partial charge is 0.491 e. The fraction of sp³-hybridized carbons (Fsp3) is 0.357. The van der Waals surface area contributed by atoms with Crippen LogP contribution in [-0.4, -0.2) is 23.4 Å². The molecule has 0 fully saturated rings. The molecule has 0 spiro atoms. The van der Waals surface area contributed by atoms with E-state index in [1.807, 2.05) is 24.9 Å². The Hall–Kier alpha value is -1.81. The van der Waals surface area contributed by atoms with Crippen molar-refractivity contribution < 1.29 is 4.74 Å². The SMILES string of the molecule is CCOc1cnn(-c2ccc(CNC)c(C)c2)c1. The van der Waals surface area contributed by atoms with Crippen molar-refractivity contribution in [1.29, 1.82) is 0 Å². The van der Waals surface area contributed by atoms with Gasteiger partial charge in [-0.1, -0.05) is 6.07 Å². The zero-order chi connectivity index (χ0) is 13.0. The average molecular weight is 245 g/mol. The molecule has 96 valence electrons. The molecule has 18 heavy (non-hydrogen) atoms. The number of aryl methyl sites for hydroxylation is 1. The molecule has 0 aliphatic heterocycles. The molecule has 0 atom stereocenters. The van der Waals surface area contributed by atoms with Gasteiger partial charge in [-0.15, -0.1) is 0 Å². The van der Waals surface area contributed by atoms with E-state index in [1.54, 1.807) is 6.20 Å². The van der Waals surface area contributed by atoms with Crippen LogP contribution >= 0.6 is 0 Å². The maximum absolute atomic E-state index is 5.41. The molecule has 0 aliphatic carbocycles. The monoisotopic (exact) mass is 245 g/mol. The standard InChI is InChI=1S/C14H19N3O/c1-4-18-14-9-16-17(10-14)13-6-5-12(8-15-3)11(2)7-13/h5-7,9-10,15H,4,8H2,1-3H3. The van der Waals surface area contributed by atoms with Crippen LogP contribution in [0.25, 0.3) is 5.69 Å². The van der Waals surface area contributed by atoms with Crippen LogP contribution in [0.4, 0.5) is 0 Å². The molecular formula is C14H19N3O. The van der Waals surface area contributed by atoms with Crippen LogP contribution < -0.4 is 10.1 Å². The summed E-state index contributed by atoms with van der Waals surface area (Å²) in [5.74, 6) is 0.800. The summed E-state index contributed by atoms with van der Waals surface area (Å²) >= 11 is 0. The quantitative estimate of drug-likeness (QED) is 0.878. The fourth-order valence-electron chi connectivity index (χ4n) is 1.90. The second-order valence-corrected chi connectivity index (χ2v) is 4.19. The smallest absolute Gasteiger partial charge is 0.157 e. The highest BCUT2D eigenvalue weighted by molar-refractivity contribution is 5.40. The normalized spacial score (nSPS) is 10.6. The number of ether oxygens (including phenoxy) is 1. The fourth-order valence-corrected chi connectivity index (χ4v) is 1.90. The van der Waals surface area contributed by atoms with Gasteiger partial charge in [0.25, 0.3) is 0 Å². The number of nitrogens with one attached hydrogen (secondary N) is 1. The third kappa shape index (κ3) is 2.71. The van der Waals surface area contributed by atoms with Crippen molar-refractivity contribution in [3.8, 4) is 11.4 Å². The molecule has 0 saturated carbocycles. The highest BCUT2D eigenvalue weighted by Crippen LogP contribution is 2.17. The van der Waals surface area contributed by atoms with Gasteiger partial charge in [0.15, 0.2) is 5.75 Å². The minimum Gasteiger partial charge on any atom is -0.491 e. The van der Waals surface area contributed by atoms with Crippen molar-refractivity contribution >= 4 is 0 Å². The van der Waals surface area contributed by atoms with E-state index in [0.29, 0.717) is 6.61 Å². The van der Waals surface area contributed by atoms with Crippen molar-refractivity contribution in [3.63, 3.8) is 0 Å². The summed E-state index contributed by atoms with van der Waals surface area (Å²) in [7, 11) is 1.95. The lowest BCUT2D eigenvalue weighted by Gasteiger charge is -2.08. The number of benzene rings is 1. The van der Waals surface area contributed by atoms with Gasteiger partial charge in [-0.2, -0.15) is 5.10 Å². The molecule has 0 saturated heterocycles. The van der Waals surface area contributed by atoms with Crippen molar-refractivity contribution in [2.24, 2.45) is 0 Å². The third-order valence-corrected chi connectivity index (χ3v) is 2.83. The van der Waals surface area contributed by atoms with Crippen molar-refractivity contribution in [2.45, 2.75) is 20.4 Å². The number of nitrogens with zero attached hydrogens (tertiary/aromatic N) is 2. The van der Waals surface area contributed by atoms with Crippen molar-refractivity contribution in [1.82, 2.24) is 15.1 Å². The highest BCUT2D eigenvalue weighted by atomic mass is 16.5. The Bertz CT molecular complexity index is 520. The van der Waals surface area contributed by atoms with Gasteiger partial charge in [0.05, 0.1) is 24.7 Å². The topological polar surface area (TPSA) is 39.1 Å². The van der Waals surface area contributed by atoms with E-state index in [2.05, 4.69) is 35.5 Å². The van der Waals surface area contributed by atoms with E-state index in [9.17, 15) is 0 Å². The van der Waals surface area contributed by atoms with Crippen LogP contribution in [0.5, 0.6) is 5.75 Å². The first-order valence-electron chi connectivity index (χ1n) is 6.16. The van der Waals surface area contributed by atoms with E-state index >= 15 is 0 Å². The number of rotatable bonds is 5. The van der Waals surface area contributed by atoms with Crippen LogP contribution in [-0.2, 0) is 6.54 Å². The van der Waals surface area contributed by atoms with Crippen LogP contribution in [0.3, 0.4) is 0 Å². The van der Waals surface area contributed by atoms with E-state index < -0.39 is 0 Å². The Morgan fingerprint density at radius 3 is 2.89 bits per heavy atom. The molecule has 2 rings (SSSR count). The molecule has 1 aromatic carbocycles. The minimum absolute atomic E-state index is 0.659. The van der Waals surface area contributed by atoms with Gasteiger partial charge in [-0.05, 0) is 44.2 Å². The van der Waals surface area contributed by atoms with Gasteiger partial charge in [-0.25, -0.2) is 4.68 Å². The van der Waals surface area contributed by atoms with E-state index in [0.717, 1.165) is 18.0 Å². The summed E-state index contributed by atoms with van der Waals surface area (Å²) in [5.41, 5.74) is 3.62. The predicted octanol–water partition coefficient (Wildman–Crippen LogP) is 2.30.